The molecule has 210 valence electrons. The van der Waals surface area contributed by atoms with E-state index in [0.717, 1.165) is 44.1 Å². The second-order valence-electron chi connectivity index (χ2n) is 10.0. The fourth-order valence-electron chi connectivity index (χ4n) is 5.50. The van der Waals surface area contributed by atoms with Crippen LogP contribution in [0.1, 0.15) is 80.8 Å². The van der Waals surface area contributed by atoms with E-state index in [1.165, 1.54) is 6.08 Å². The van der Waals surface area contributed by atoms with Crippen molar-refractivity contribution in [3.63, 3.8) is 0 Å². The Morgan fingerprint density at radius 2 is 2.03 bits per heavy atom. The molecule has 1 fully saturated rings. The van der Waals surface area contributed by atoms with Crippen molar-refractivity contribution in [3.05, 3.63) is 70.8 Å². The molecular weight excluding hydrogens is 537 g/mol. The third kappa shape index (κ3) is 7.00. The Kier molecular flexibility index (Phi) is 11.0. The van der Waals surface area contributed by atoms with Crippen LogP contribution < -0.4 is 5.32 Å². The molecule has 1 spiro atoms. The van der Waals surface area contributed by atoms with Gasteiger partial charge in [0.1, 0.15) is 11.4 Å². The molecule has 0 bridgehead atoms. The molecule has 1 saturated carbocycles. The largest absolute Gasteiger partial charge is 0.481 e. The maximum atomic E-state index is 14.2. The van der Waals surface area contributed by atoms with E-state index < -0.39 is 11.6 Å². The number of aliphatic imine (C=N–C) groups is 1. The zero-order valence-electron chi connectivity index (χ0n) is 22.6. The number of nitrogens with zero attached hydrogens (tertiary/aromatic N) is 2. The first kappa shape index (κ1) is 30.6. The third-order valence-electron chi connectivity index (χ3n) is 7.48. The molecule has 7 nitrogen and oxygen atoms in total. The molecule has 0 saturated heterocycles. The summed E-state index contributed by atoms with van der Waals surface area (Å²) in [7, 11) is 0. The first-order valence-corrected chi connectivity index (χ1v) is 14.4. The van der Waals surface area contributed by atoms with Crippen molar-refractivity contribution in [2.75, 3.05) is 12.4 Å². The zero-order chi connectivity index (χ0) is 28.6. The van der Waals surface area contributed by atoms with E-state index in [1.807, 2.05) is 17.0 Å². The van der Waals surface area contributed by atoms with Crippen LogP contribution in [0.2, 0.25) is 0 Å². The van der Waals surface area contributed by atoms with Gasteiger partial charge in [0.2, 0.25) is 0 Å². The number of hydrogen-bond donors (Lipinski definition) is 2. The molecule has 39 heavy (non-hydrogen) atoms. The van der Waals surface area contributed by atoms with Gasteiger partial charge in [-0.05, 0) is 55.4 Å². The van der Waals surface area contributed by atoms with E-state index in [1.54, 1.807) is 24.3 Å². The standard InChI is InChI=1S/C30H37Cl2N3O4/c1-4-8-25(21-10-12-22(13-11-21)28(38)33-18-15-26(36)37)35-29(39)27(23(14-17-31)19-24(32)5-2)34-30(35)16-7-6-9-20(30)3/h5,10-14,19-20,25H,2,4,6-9,15-18H2,1,3H3,(H,33,38)(H,36,37)/b23-14+,24-19+. The van der Waals surface area contributed by atoms with Gasteiger partial charge in [-0.2, -0.15) is 0 Å². The lowest BCUT2D eigenvalue weighted by molar-refractivity contribution is -0.137. The summed E-state index contributed by atoms with van der Waals surface area (Å²) in [6.45, 7) is 8.02. The van der Waals surface area contributed by atoms with Crippen LogP contribution in [-0.2, 0) is 9.59 Å². The van der Waals surface area contributed by atoms with Gasteiger partial charge in [-0.25, -0.2) is 0 Å². The van der Waals surface area contributed by atoms with Crippen LogP contribution in [0.3, 0.4) is 0 Å². The first-order chi connectivity index (χ1) is 18.7. The number of carbonyl (C=O) groups excluding carboxylic acids is 2. The van der Waals surface area contributed by atoms with Crippen molar-refractivity contribution in [1.82, 2.24) is 10.2 Å². The monoisotopic (exact) mass is 573 g/mol. The maximum absolute atomic E-state index is 14.2. The van der Waals surface area contributed by atoms with Crippen molar-refractivity contribution in [2.24, 2.45) is 10.9 Å². The van der Waals surface area contributed by atoms with Crippen molar-refractivity contribution in [3.8, 4) is 0 Å². The van der Waals surface area contributed by atoms with Crippen LogP contribution in [0.15, 0.2) is 64.7 Å². The number of hydrogen-bond acceptors (Lipinski definition) is 4. The summed E-state index contributed by atoms with van der Waals surface area (Å²) in [6.07, 6.45) is 10.2. The minimum atomic E-state index is -0.970. The molecule has 1 aliphatic carbocycles. The predicted octanol–water partition coefficient (Wildman–Crippen LogP) is 6.40. The summed E-state index contributed by atoms with van der Waals surface area (Å²) < 4.78 is 0. The van der Waals surface area contributed by atoms with E-state index in [2.05, 4.69) is 25.7 Å². The number of aliphatic carboxylic acids is 1. The number of amides is 2. The summed E-state index contributed by atoms with van der Waals surface area (Å²) >= 11 is 12.3. The molecule has 0 aromatic heterocycles. The number of carboxylic acid groups (broad SMARTS) is 1. The highest BCUT2D eigenvalue weighted by atomic mass is 35.5. The number of alkyl halides is 1. The van der Waals surface area contributed by atoms with Gasteiger partial charge in [0.05, 0.1) is 12.5 Å². The molecular formula is C30H37Cl2N3O4. The van der Waals surface area contributed by atoms with Crippen LogP contribution in [0.4, 0.5) is 0 Å². The number of benzene rings is 1. The molecule has 2 N–H and O–H groups in total. The molecule has 1 aromatic carbocycles. The zero-order valence-corrected chi connectivity index (χ0v) is 24.1. The number of rotatable bonds is 12. The number of carbonyl (C=O) groups is 3. The number of nitrogens with one attached hydrogen (secondary N) is 1. The fraction of sp³-hybridized carbons (Fsp3) is 0.467. The molecule has 0 radical (unpaired) electrons. The average Bonchev–Trinajstić information content (AvgIpc) is 3.20. The van der Waals surface area contributed by atoms with E-state index in [-0.39, 0.29) is 42.6 Å². The summed E-state index contributed by atoms with van der Waals surface area (Å²) in [5, 5.41) is 11.8. The highest BCUT2D eigenvalue weighted by molar-refractivity contribution is 6.48. The number of carboxylic acids is 1. The quantitative estimate of drug-likeness (QED) is 0.223. The van der Waals surface area contributed by atoms with Crippen LogP contribution in [0.5, 0.6) is 0 Å². The van der Waals surface area contributed by atoms with Crippen LogP contribution in [-0.4, -0.2) is 51.6 Å². The lowest BCUT2D eigenvalue weighted by Gasteiger charge is -2.47. The summed E-state index contributed by atoms with van der Waals surface area (Å²) in [6, 6.07) is 6.95. The molecule has 9 heteroatoms. The Morgan fingerprint density at radius 3 is 2.62 bits per heavy atom. The number of halogens is 2. The summed E-state index contributed by atoms with van der Waals surface area (Å²) in [5.41, 5.74) is 1.62. The van der Waals surface area contributed by atoms with Gasteiger partial charge in [-0.1, -0.05) is 69.2 Å². The minimum absolute atomic E-state index is 0.0552. The van der Waals surface area contributed by atoms with Gasteiger partial charge < -0.3 is 15.3 Å². The molecule has 3 rings (SSSR count). The Hall–Kier alpha value is -2.90. The van der Waals surface area contributed by atoms with Gasteiger partial charge in [0, 0.05) is 28.6 Å². The van der Waals surface area contributed by atoms with Crippen molar-refractivity contribution >= 4 is 46.7 Å². The van der Waals surface area contributed by atoms with E-state index >= 15 is 0 Å². The van der Waals surface area contributed by atoms with E-state index in [0.29, 0.717) is 21.9 Å². The van der Waals surface area contributed by atoms with Gasteiger partial charge in [0.15, 0.2) is 0 Å². The molecule has 2 aliphatic rings. The Balaban J connectivity index is 2.02. The normalized spacial score (nSPS) is 22.6. The fourth-order valence-corrected chi connectivity index (χ4v) is 5.78. The summed E-state index contributed by atoms with van der Waals surface area (Å²) in [4.78, 5) is 44.6. The second-order valence-corrected chi connectivity index (χ2v) is 10.8. The molecule has 1 heterocycles. The first-order valence-electron chi connectivity index (χ1n) is 13.5. The van der Waals surface area contributed by atoms with Crippen molar-refractivity contribution in [1.29, 1.82) is 0 Å². The SMILES string of the molecule is C=C/C(Cl)=C\C(=C/CCl)C1=NC2(CCCCC2C)N(C(CCC)c2ccc(C(=O)NCCC(=O)O)cc2)C1=O. The van der Waals surface area contributed by atoms with E-state index in [9.17, 15) is 14.4 Å². The van der Waals surface area contributed by atoms with Gasteiger partial charge in [0.25, 0.3) is 11.8 Å². The predicted molar refractivity (Wildman–Crippen MR) is 156 cm³/mol. The molecule has 1 aromatic rings. The second kappa shape index (κ2) is 13.9. The highest BCUT2D eigenvalue weighted by Crippen LogP contribution is 2.48. The molecule has 1 aliphatic heterocycles. The van der Waals surface area contributed by atoms with Crippen molar-refractivity contribution < 1.29 is 19.5 Å². The smallest absolute Gasteiger partial charge is 0.305 e. The summed E-state index contributed by atoms with van der Waals surface area (Å²) in [5.74, 6) is -1.10. The lowest BCUT2D eigenvalue weighted by Crippen LogP contribution is -2.54. The average molecular weight is 575 g/mol. The van der Waals surface area contributed by atoms with Crippen molar-refractivity contribution in [2.45, 2.75) is 70.5 Å². The molecule has 3 unspecified atom stereocenters. The molecule has 2 amide bonds. The highest BCUT2D eigenvalue weighted by Gasteiger charge is 2.54. The van der Waals surface area contributed by atoms with Gasteiger partial charge >= 0.3 is 5.97 Å². The van der Waals surface area contributed by atoms with Crippen LogP contribution >= 0.6 is 23.2 Å². The van der Waals surface area contributed by atoms with Gasteiger partial charge in [-0.3, -0.25) is 19.4 Å². The maximum Gasteiger partial charge on any atom is 0.305 e. The Morgan fingerprint density at radius 1 is 1.31 bits per heavy atom. The Bertz CT molecular complexity index is 1180. The number of allylic oxidation sites excluding steroid dienone is 4. The van der Waals surface area contributed by atoms with E-state index in [4.69, 9.17) is 33.3 Å². The van der Waals surface area contributed by atoms with Crippen LogP contribution in [0.25, 0.3) is 0 Å². The minimum Gasteiger partial charge on any atom is -0.481 e. The Labute approximate surface area is 240 Å². The lowest BCUT2D eigenvalue weighted by atomic mass is 9.78. The molecule has 3 atom stereocenters. The third-order valence-corrected chi connectivity index (χ3v) is 7.90. The van der Waals surface area contributed by atoms with Crippen LogP contribution in [0, 0.1) is 5.92 Å². The van der Waals surface area contributed by atoms with Gasteiger partial charge in [-0.15, -0.1) is 11.6 Å². The topological polar surface area (TPSA) is 99.1 Å².